The minimum atomic E-state index is -0.865. The van der Waals surface area contributed by atoms with Crippen LogP contribution in [0.3, 0.4) is 0 Å². The molecule has 1 heterocycles. The van der Waals surface area contributed by atoms with Crippen molar-refractivity contribution in [3.63, 3.8) is 0 Å². The molecule has 0 radical (unpaired) electrons. The van der Waals surface area contributed by atoms with E-state index in [0.717, 1.165) is 5.56 Å². The van der Waals surface area contributed by atoms with Crippen molar-refractivity contribution in [2.24, 2.45) is 5.41 Å². The maximum absolute atomic E-state index is 12.2. The van der Waals surface area contributed by atoms with Crippen LogP contribution in [0.4, 0.5) is 10.5 Å². The van der Waals surface area contributed by atoms with Crippen molar-refractivity contribution in [2.45, 2.75) is 20.3 Å². The fourth-order valence-electron chi connectivity index (χ4n) is 2.27. The Balaban J connectivity index is 2.05. The van der Waals surface area contributed by atoms with Gasteiger partial charge in [0.05, 0.1) is 5.41 Å². The highest BCUT2D eigenvalue weighted by Crippen LogP contribution is 2.30. The average Bonchev–Trinajstić information content (AvgIpc) is 2.77. The van der Waals surface area contributed by atoms with E-state index in [9.17, 15) is 9.59 Å². The van der Waals surface area contributed by atoms with Gasteiger partial charge in [0.2, 0.25) is 0 Å². The van der Waals surface area contributed by atoms with E-state index in [4.69, 9.17) is 16.7 Å². The number of amides is 2. The normalized spacial score (nSPS) is 21.9. The third kappa shape index (κ3) is 2.88. The number of likely N-dealkylation sites (tertiary alicyclic amines) is 1. The molecule has 2 N–H and O–H groups in total. The number of benzene rings is 1. The molecule has 1 fully saturated rings. The molecule has 0 aromatic heterocycles. The second kappa shape index (κ2) is 5.32. The van der Waals surface area contributed by atoms with E-state index in [-0.39, 0.29) is 12.6 Å². The van der Waals surface area contributed by atoms with Gasteiger partial charge in [0.15, 0.2) is 0 Å². The molecule has 1 atom stereocenters. The van der Waals surface area contributed by atoms with Crippen LogP contribution in [-0.4, -0.2) is 35.1 Å². The van der Waals surface area contributed by atoms with Crippen LogP contribution in [0.5, 0.6) is 0 Å². The Labute approximate surface area is 122 Å². The van der Waals surface area contributed by atoms with Gasteiger partial charge in [-0.3, -0.25) is 4.79 Å². The zero-order chi connectivity index (χ0) is 14.9. The first-order chi connectivity index (χ1) is 9.32. The monoisotopic (exact) mass is 296 g/mol. The number of carbonyl (C=O) groups is 2. The highest BCUT2D eigenvalue weighted by atomic mass is 35.5. The Bertz CT molecular complexity index is 561. The quantitative estimate of drug-likeness (QED) is 0.881. The van der Waals surface area contributed by atoms with E-state index in [1.165, 1.54) is 4.90 Å². The van der Waals surface area contributed by atoms with Crippen LogP contribution < -0.4 is 5.32 Å². The molecule has 1 aliphatic rings. The summed E-state index contributed by atoms with van der Waals surface area (Å²) in [7, 11) is 0. The first-order valence-electron chi connectivity index (χ1n) is 6.37. The number of rotatable bonds is 2. The Morgan fingerprint density at radius 2 is 2.15 bits per heavy atom. The molecular formula is C14H17ClN2O3. The van der Waals surface area contributed by atoms with Crippen LogP contribution in [0.15, 0.2) is 18.2 Å². The number of anilines is 1. The van der Waals surface area contributed by atoms with E-state index in [1.54, 1.807) is 25.1 Å². The molecule has 6 heteroatoms. The number of aliphatic carboxylic acids is 1. The minimum Gasteiger partial charge on any atom is -0.481 e. The van der Waals surface area contributed by atoms with Gasteiger partial charge in [-0.05, 0) is 44.0 Å². The smallest absolute Gasteiger partial charge is 0.321 e. The molecule has 1 aliphatic heterocycles. The molecule has 0 saturated carbocycles. The second-order valence-corrected chi connectivity index (χ2v) is 5.86. The predicted octanol–water partition coefficient (Wildman–Crippen LogP) is 2.98. The summed E-state index contributed by atoms with van der Waals surface area (Å²) >= 11 is 5.86. The third-order valence-corrected chi connectivity index (χ3v) is 3.94. The van der Waals surface area contributed by atoms with Gasteiger partial charge < -0.3 is 15.3 Å². The van der Waals surface area contributed by atoms with E-state index in [2.05, 4.69) is 5.32 Å². The van der Waals surface area contributed by atoms with Gasteiger partial charge in [-0.15, -0.1) is 0 Å². The van der Waals surface area contributed by atoms with Gasteiger partial charge in [-0.2, -0.15) is 0 Å². The molecule has 108 valence electrons. The second-order valence-electron chi connectivity index (χ2n) is 5.43. The van der Waals surface area contributed by atoms with Crippen LogP contribution in [0, 0.1) is 12.3 Å². The summed E-state index contributed by atoms with van der Waals surface area (Å²) in [6, 6.07) is 4.93. The molecule has 1 saturated heterocycles. The van der Waals surface area contributed by atoms with Crippen molar-refractivity contribution >= 4 is 29.3 Å². The lowest BCUT2D eigenvalue weighted by Crippen LogP contribution is -2.37. The number of nitrogens with zero attached hydrogens (tertiary/aromatic N) is 1. The maximum atomic E-state index is 12.2. The number of carbonyl (C=O) groups excluding carboxylic acids is 1. The number of nitrogens with one attached hydrogen (secondary N) is 1. The van der Waals surface area contributed by atoms with E-state index in [0.29, 0.717) is 23.7 Å². The molecule has 1 aromatic carbocycles. The number of carboxylic acids is 1. The van der Waals surface area contributed by atoms with Crippen LogP contribution >= 0.6 is 11.6 Å². The number of hydrogen-bond acceptors (Lipinski definition) is 2. The molecule has 2 rings (SSSR count). The van der Waals surface area contributed by atoms with Gasteiger partial charge in [-0.1, -0.05) is 11.6 Å². The fourth-order valence-corrected chi connectivity index (χ4v) is 2.50. The van der Waals surface area contributed by atoms with E-state index in [1.807, 2.05) is 6.92 Å². The fraction of sp³-hybridized carbons (Fsp3) is 0.429. The lowest BCUT2D eigenvalue weighted by atomic mass is 9.90. The van der Waals surface area contributed by atoms with Crippen molar-refractivity contribution in [1.29, 1.82) is 0 Å². The standard InChI is InChI=1S/C14H17ClN2O3/c1-9-7-10(15)3-4-11(9)16-13(20)17-6-5-14(2,8-17)12(18)19/h3-4,7H,5-6,8H2,1-2H3,(H,16,20)(H,18,19). The molecule has 0 spiro atoms. The summed E-state index contributed by atoms with van der Waals surface area (Å²) in [6.07, 6.45) is 0.468. The summed E-state index contributed by atoms with van der Waals surface area (Å²) < 4.78 is 0. The summed E-state index contributed by atoms with van der Waals surface area (Å²) in [6.45, 7) is 4.19. The predicted molar refractivity (Wildman–Crippen MR) is 77.1 cm³/mol. The van der Waals surface area contributed by atoms with Crippen molar-refractivity contribution in [3.8, 4) is 0 Å². The van der Waals surface area contributed by atoms with Crippen LogP contribution in [0.25, 0.3) is 0 Å². The SMILES string of the molecule is Cc1cc(Cl)ccc1NC(=O)N1CCC(C)(C(=O)O)C1. The first kappa shape index (κ1) is 14.7. The summed E-state index contributed by atoms with van der Waals surface area (Å²) in [4.78, 5) is 24.8. The van der Waals surface area contributed by atoms with Crippen molar-refractivity contribution in [1.82, 2.24) is 4.90 Å². The topological polar surface area (TPSA) is 69.6 Å². The third-order valence-electron chi connectivity index (χ3n) is 3.71. The minimum absolute atomic E-state index is 0.223. The average molecular weight is 297 g/mol. The van der Waals surface area contributed by atoms with E-state index < -0.39 is 11.4 Å². The zero-order valence-electron chi connectivity index (χ0n) is 11.4. The Kier molecular flexibility index (Phi) is 3.90. The van der Waals surface area contributed by atoms with Crippen molar-refractivity contribution < 1.29 is 14.7 Å². The number of aryl methyl sites for hydroxylation is 1. The van der Waals surface area contributed by atoms with Gasteiger partial charge >= 0.3 is 12.0 Å². The largest absolute Gasteiger partial charge is 0.481 e. The maximum Gasteiger partial charge on any atom is 0.321 e. The summed E-state index contributed by atoms with van der Waals surface area (Å²) in [5.74, 6) is -0.865. The zero-order valence-corrected chi connectivity index (χ0v) is 12.2. The molecule has 1 aromatic rings. The van der Waals surface area contributed by atoms with Crippen molar-refractivity contribution in [3.05, 3.63) is 28.8 Å². The molecule has 5 nitrogen and oxygen atoms in total. The lowest BCUT2D eigenvalue weighted by molar-refractivity contribution is -0.146. The Morgan fingerprint density at radius 3 is 2.70 bits per heavy atom. The summed E-state index contributed by atoms with van der Waals surface area (Å²) in [5.41, 5.74) is 0.696. The van der Waals surface area contributed by atoms with Gasteiger partial charge in [0.25, 0.3) is 0 Å². The highest BCUT2D eigenvalue weighted by molar-refractivity contribution is 6.30. The van der Waals surface area contributed by atoms with Gasteiger partial charge in [0, 0.05) is 23.8 Å². The number of halogens is 1. The molecular weight excluding hydrogens is 280 g/mol. The number of hydrogen-bond donors (Lipinski definition) is 2. The highest BCUT2D eigenvalue weighted by Gasteiger charge is 2.42. The van der Waals surface area contributed by atoms with Crippen LogP contribution in [-0.2, 0) is 4.79 Å². The molecule has 0 bridgehead atoms. The molecule has 2 amide bonds. The van der Waals surface area contributed by atoms with E-state index >= 15 is 0 Å². The van der Waals surface area contributed by atoms with Gasteiger partial charge in [0.1, 0.15) is 0 Å². The molecule has 20 heavy (non-hydrogen) atoms. The van der Waals surface area contributed by atoms with Crippen LogP contribution in [0.1, 0.15) is 18.9 Å². The first-order valence-corrected chi connectivity index (χ1v) is 6.75. The van der Waals surface area contributed by atoms with Crippen LogP contribution in [0.2, 0.25) is 5.02 Å². The number of urea groups is 1. The molecule has 0 aliphatic carbocycles. The Hall–Kier alpha value is -1.75. The summed E-state index contributed by atoms with van der Waals surface area (Å²) in [5, 5.41) is 12.6. The lowest BCUT2D eigenvalue weighted by Gasteiger charge is -2.21. The van der Waals surface area contributed by atoms with Gasteiger partial charge in [-0.25, -0.2) is 4.79 Å². The van der Waals surface area contributed by atoms with Crippen molar-refractivity contribution in [2.75, 3.05) is 18.4 Å². The Morgan fingerprint density at radius 1 is 1.45 bits per heavy atom. The molecule has 1 unspecified atom stereocenters. The number of carboxylic acid groups (broad SMARTS) is 1.